The topological polar surface area (TPSA) is 15.3 Å². The number of fused-ring (bicyclic) bond motifs is 1. The molecule has 0 spiro atoms. The lowest BCUT2D eigenvalue weighted by Gasteiger charge is -2.43. The summed E-state index contributed by atoms with van der Waals surface area (Å²) in [6.45, 7) is 4.65. The van der Waals surface area contributed by atoms with Gasteiger partial charge in [-0.15, -0.1) is 0 Å². The van der Waals surface area contributed by atoms with Gasteiger partial charge in [0.2, 0.25) is 0 Å². The summed E-state index contributed by atoms with van der Waals surface area (Å²) in [5.74, 6) is 0.865. The smallest absolute Gasteiger partial charge is 0.0377 e. The number of nitrogens with one attached hydrogen (secondary N) is 1. The van der Waals surface area contributed by atoms with Crippen molar-refractivity contribution in [2.45, 2.75) is 25.3 Å². The fraction of sp³-hybridized carbons (Fsp3) is 0.474. The van der Waals surface area contributed by atoms with Crippen LogP contribution in [0, 0.1) is 5.92 Å². The summed E-state index contributed by atoms with van der Waals surface area (Å²) in [4.78, 5) is 2.71. The molecule has 2 aromatic rings. The van der Waals surface area contributed by atoms with Crippen LogP contribution in [0.25, 0.3) is 10.8 Å². The van der Waals surface area contributed by atoms with E-state index < -0.39 is 0 Å². The quantitative estimate of drug-likeness (QED) is 0.924. The van der Waals surface area contributed by atoms with Crippen LogP contribution in [0.5, 0.6) is 0 Å². The van der Waals surface area contributed by atoms with Crippen LogP contribution in [0.4, 0.5) is 0 Å². The summed E-state index contributed by atoms with van der Waals surface area (Å²) in [6.07, 6.45) is 4.23. The van der Waals surface area contributed by atoms with Crippen LogP contribution < -0.4 is 5.32 Å². The molecule has 0 radical (unpaired) electrons. The van der Waals surface area contributed by atoms with Gasteiger partial charge in [0.05, 0.1) is 0 Å². The molecular weight excluding hydrogens is 256 g/mol. The molecule has 110 valence electrons. The third-order valence-corrected chi connectivity index (χ3v) is 5.26. The highest BCUT2D eigenvalue weighted by Crippen LogP contribution is 2.42. The fourth-order valence-corrected chi connectivity index (χ4v) is 3.89. The summed E-state index contributed by atoms with van der Waals surface area (Å²) < 4.78 is 0. The van der Waals surface area contributed by atoms with Crippen molar-refractivity contribution in [2.75, 3.05) is 26.2 Å². The minimum absolute atomic E-state index is 0.630. The lowest BCUT2D eigenvalue weighted by molar-refractivity contribution is 0.0838. The molecule has 2 aromatic carbocycles. The minimum atomic E-state index is 0.630. The van der Waals surface area contributed by atoms with E-state index in [1.807, 2.05) is 0 Å². The Morgan fingerprint density at radius 2 is 1.71 bits per heavy atom. The Hall–Kier alpha value is -1.38. The Morgan fingerprint density at radius 3 is 2.43 bits per heavy atom. The SMILES string of the molecule is c1ccc2cc([C@H](C3CCC3)N3CCNCC3)ccc2c1. The largest absolute Gasteiger partial charge is 0.314 e. The van der Waals surface area contributed by atoms with E-state index in [4.69, 9.17) is 0 Å². The normalized spacial score (nSPS) is 22.1. The molecule has 21 heavy (non-hydrogen) atoms. The maximum Gasteiger partial charge on any atom is 0.0377 e. The second kappa shape index (κ2) is 5.78. The highest BCUT2D eigenvalue weighted by molar-refractivity contribution is 5.83. The van der Waals surface area contributed by atoms with E-state index in [0.29, 0.717) is 6.04 Å². The van der Waals surface area contributed by atoms with Gasteiger partial charge in [-0.1, -0.05) is 42.8 Å². The third-order valence-electron chi connectivity index (χ3n) is 5.26. The van der Waals surface area contributed by atoms with Gasteiger partial charge in [-0.25, -0.2) is 0 Å². The van der Waals surface area contributed by atoms with Crippen molar-refractivity contribution in [2.24, 2.45) is 5.92 Å². The van der Waals surface area contributed by atoms with Gasteiger partial charge in [0.1, 0.15) is 0 Å². The zero-order valence-electron chi connectivity index (χ0n) is 12.6. The van der Waals surface area contributed by atoms with Crippen LogP contribution >= 0.6 is 0 Å². The molecule has 1 saturated heterocycles. The molecule has 1 saturated carbocycles. The summed E-state index contributed by atoms with van der Waals surface area (Å²) >= 11 is 0. The Morgan fingerprint density at radius 1 is 0.952 bits per heavy atom. The molecule has 1 N–H and O–H groups in total. The first-order chi connectivity index (χ1) is 10.4. The molecule has 0 amide bonds. The maximum absolute atomic E-state index is 3.48. The number of hydrogen-bond donors (Lipinski definition) is 1. The molecular formula is C19H24N2. The van der Waals surface area contributed by atoms with Gasteiger partial charge in [0.25, 0.3) is 0 Å². The summed E-state index contributed by atoms with van der Waals surface area (Å²) in [7, 11) is 0. The van der Waals surface area contributed by atoms with Gasteiger partial charge < -0.3 is 5.32 Å². The van der Waals surface area contributed by atoms with E-state index in [0.717, 1.165) is 19.0 Å². The van der Waals surface area contributed by atoms with Crippen LogP contribution in [-0.4, -0.2) is 31.1 Å². The summed E-state index contributed by atoms with van der Waals surface area (Å²) in [5, 5.41) is 6.22. The van der Waals surface area contributed by atoms with Gasteiger partial charge in [-0.05, 0) is 41.2 Å². The highest BCUT2D eigenvalue weighted by Gasteiger charge is 2.33. The first-order valence-electron chi connectivity index (χ1n) is 8.35. The number of rotatable bonds is 3. The zero-order valence-corrected chi connectivity index (χ0v) is 12.6. The second-order valence-corrected chi connectivity index (χ2v) is 6.53. The maximum atomic E-state index is 3.48. The predicted molar refractivity (Wildman–Crippen MR) is 88.5 cm³/mol. The monoisotopic (exact) mass is 280 g/mol. The summed E-state index contributed by atoms with van der Waals surface area (Å²) in [6, 6.07) is 16.5. The van der Waals surface area contributed by atoms with Crippen molar-refractivity contribution < 1.29 is 0 Å². The van der Waals surface area contributed by atoms with Crippen molar-refractivity contribution in [3.05, 3.63) is 48.0 Å². The standard InChI is InChI=1S/C19H24N2/c1-2-5-17-14-18(9-8-15(17)4-1)19(16-6-3-7-16)21-12-10-20-11-13-21/h1-2,4-5,8-9,14,16,19-20H,3,6-7,10-13H2/t19-/m0/s1. The lowest BCUT2D eigenvalue weighted by Crippen LogP contribution is -2.47. The van der Waals surface area contributed by atoms with Gasteiger partial charge in [0.15, 0.2) is 0 Å². The van der Waals surface area contributed by atoms with Crippen LogP contribution in [0.3, 0.4) is 0 Å². The molecule has 1 atom stereocenters. The van der Waals surface area contributed by atoms with Gasteiger partial charge in [-0.2, -0.15) is 0 Å². The molecule has 1 aliphatic heterocycles. The summed E-state index contributed by atoms with van der Waals surface area (Å²) in [5.41, 5.74) is 1.53. The first kappa shape index (κ1) is 13.3. The van der Waals surface area contributed by atoms with E-state index >= 15 is 0 Å². The third kappa shape index (κ3) is 2.58. The Bertz CT molecular complexity index is 612. The predicted octanol–water partition coefficient (Wildman–Crippen LogP) is 3.59. The average molecular weight is 280 g/mol. The van der Waals surface area contributed by atoms with Gasteiger partial charge >= 0.3 is 0 Å². The van der Waals surface area contributed by atoms with E-state index in [9.17, 15) is 0 Å². The van der Waals surface area contributed by atoms with Crippen molar-refractivity contribution in [3.63, 3.8) is 0 Å². The fourth-order valence-electron chi connectivity index (χ4n) is 3.89. The molecule has 1 aliphatic carbocycles. The Kier molecular flexibility index (Phi) is 3.66. The average Bonchev–Trinajstić information content (AvgIpc) is 2.51. The molecule has 2 heteroatoms. The molecule has 2 nitrogen and oxygen atoms in total. The zero-order chi connectivity index (χ0) is 14.1. The van der Waals surface area contributed by atoms with Crippen LogP contribution in [-0.2, 0) is 0 Å². The number of nitrogens with zero attached hydrogens (tertiary/aromatic N) is 1. The van der Waals surface area contributed by atoms with E-state index in [2.05, 4.69) is 52.7 Å². The molecule has 2 fully saturated rings. The molecule has 0 bridgehead atoms. The van der Waals surface area contributed by atoms with Crippen LogP contribution in [0.1, 0.15) is 30.9 Å². The Labute approximate surface area is 127 Å². The van der Waals surface area contributed by atoms with Crippen molar-refractivity contribution >= 4 is 10.8 Å². The van der Waals surface area contributed by atoms with Crippen LogP contribution in [0.2, 0.25) is 0 Å². The Balaban J connectivity index is 1.69. The molecule has 1 heterocycles. The van der Waals surface area contributed by atoms with Crippen molar-refractivity contribution in [1.82, 2.24) is 10.2 Å². The minimum Gasteiger partial charge on any atom is -0.314 e. The second-order valence-electron chi connectivity index (χ2n) is 6.53. The van der Waals surface area contributed by atoms with Crippen LogP contribution in [0.15, 0.2) is 42.5 Å². The van der Waals surface area contributed by atoms with E-state index in [-0.39, 0.29) is 0 Å². The molecule has 0 aromatic heterocycles. The van der Waals surface area contributed by atoms with E-state index in [1.165, 1.54) is 48.7 Å². The van der Waals surface area contributed by atoms with Gasteiger partial charge in [-0.3, -0.25) is 4.90 Å². The highest BCUT2D eigenvalue weighted by atomic mass is 15.2. The number of benzene rings is 2. The van der Waals surface area contributed by atoms with Crippen molar-refractivity contribution in [3.8, 4) is 0 Å². The molecule has 2 aliphatic rings. The molecule has 4 rings (SSSR count). The first-order valence-corrected chi connectivity index (χ1v) is 8.35. The van der Waals surface area contributed by atoms with Gasteiger partial charge in [0, 0.05) is 32.2 Å². The number of piperazine rings is 1. The van der Waals surface area contributed by atoms with Crippen molar-refractivity contribution in [1.29, 1.82) is 0 Å². The molecule has 0 unspecified atom stereocenters. The van der Waals surface area contributed by atoms with E-state index in [1.54, 1.807) is 0 Å². The number of hydrogen-bond acceptors (Lipinski definition) is 2. The lowest BCUT2D eigenvalue weighted by atomic mass is 9.76.